The molecule has 0 radical (unpaired) electrons. The first-order valence-corrected chi connectivity index (χ1v) is 8.89. The standard InChI is InChI=1S/C20H20N2O3S/c1-13-18(14-8-10-16(24-3)11-9-14)22(2)20(26-13)21-19(23)15-6-5-7-17(12-15)25-4/h5-12H,1-4H3. The minimum atomic E-state index is -0.290. The summed E-state index contributed by atoms with van der Waals surface area (Å²) >= 11 is 1.49. The average Bonchev–Trinajstić information content (AvgIpc) is 2.95. The molecule has 0 saturated heterocycles. The molecule has 0 aliphatic heterocycles. The van der Waals surface area contributed by atoms with Crippen LogP contribution in [0, 0.1) is 6.92 Å². The van der Waals surface area contributed by atoms with E-state index in [-0.39, 0.29) is 5.91 Å². The fourth-order valence-corrected chi connectivity index (χ4v) is 3.72. The molecule has 0 saturated carbocycles. The monoisotopic (exact) mass is 368 g/mol. The molecule has 0 bridgehead atoms. The van der Waals surface area contributed by atoms with Crippen LogP contribution >= 0.6 is 11.3 Å². The summed E-state index contributed by atoms with van der Waals surface area (Å²) in [6.07, 6.45) is 0. The van der Waals surface area contributed by atoms with Gasteiger partial charge >= 0.3 is 0 Å². The first-order valence-electron chi connectivity index (χ1n) is 8.07. The van der Waals surface area contributed by atoms with Gasteiger partial charge in [0, 0.05) is 17.5 Å². The zero-order valence-corrected chi connectivity index (χ0v) is 16.0. The Morgan fingerprint density at radius 2 is 1.73 bits per heavy atom. The van der Waals surface area contributed by atoms with Crippen molar-refractivity contribution in [2.24, 2.45) is 12.0 Å². The number of hydrogen-bond donors (Lipinski definition) is 0. The lowest BCUT2D eigenvalue weighted by atomic mass is 10.1. The molecule has 3 aromatic rings. The van der Waals surface area contributed by atoms with E-state index >= 15 is 0 Å². The van der Waals surface area contributed by atoms with E-state index in [1.807, 2.05) is 42.8 Å². The van der Waals surface area contributed by atoms with Crippen molar-refractivity contribution in [2.75, 3.05) is 14.2 Å². The second-order valence-electron chi connectivity index (χ2n) is 5.73. The Morgan fingerprint density at radius 1 is 1.04 bits per heavy atom. The maximum Gasteiger partial charge on any atom is 0.279 e. The highest BCUT2D eigenvalue weighted by Gasteiger charge is 2.12. The lowest BCUT2D eigenvalue weighted by molar-refractivity contribution is 0.0997. The van der Waals surface area contributed by atoms with E-state index in [4.69, 9.17) is 9.47 Å². The van der Waals surface area contributed by atoms with Crippen molar-refractivity contribution in [1.29, 1.82) is 0 Å². The van der Waals surface area contributed by atoms with Gasteiger partial charge in [0.2, 0.25) is 0 Å². The van der Waals surface area contributed by atoms with Gasteiger partial charge in [0.05, 0.1) is 19.9 Å². The number of amides is 1. The largest absolute Gasteiger partial charge is 0.497 e. The van der Waals surface area contributed by atoms with Gasteiger partial charge in [-0.05, 0) is 55.0 Å². The fraction of sp³-hybridized carbons (Fsp3) is 0.200. The van der Waals surface area contributed by atoms with Crippen LogP contribution in [0.25, 0.3) is 11.3 Å². The number of carbonyl (C=O) groups excluding carboxylic acids is 1. The van der Waals surface area contributed by atoms with E-state index < -0.39 is 0 Å². The summed E-state index contributed by atoms with van der Waals surface area (Å²) in [5.41, 5.74) is 2.59. The molecule has 26 heavy (non-hydrogen) atoms. The lowest BCUT2D eigenvalue weighted by Gasteiger charge is -2.06. The summed E-state index contributed by atoms with van der Waals surface area (Å²) in [5, 5.41) is 0. The third-order valence-electron chi connectivity index (χ3n) is 4.08. The quantitative estimate of drug-likeness (QED) is 0.703. The lowest BCUT2D eigenvalue weighted by Crippen LogP contribution is -2.14. The van der Waals surface area contributed by atoms with Crippen molar-refractivity contribution in [3.63, 3.8) is 0 Å². The highest BCUT2D eigenvalue weighted by Crippen LogP contribution is 2.26. The summed E-state index contributed by atoms with van der Waals surface area (Å²) in [6.45, 7) is 2.03. The smallest absolute Gasteiger partial charge is 0.279 e. The number of carbonyl (C=O) groups is 1. The molecule has 6 heteroatoms. The number of hydrogen-bond acceptors (Lipinski definition) is 4. The Bertz CT molecular complexity index is 1000. The normalized spacial score (nSPS) is 11.5. The highest BCUT2D eigenvalue weighted by atomic mass is 32.1. The molecule has 1 heterocycles. The molecule has 3 rings (SSSR count). The maximum atomic E-state index is 12.5. The highest BCUT2D eigenvalue weighted by molar-refractivity contribution is 7.09. The van der Waals surface area contributed by atoms with Crippen LogP contribution < -0.4 is 14.3 Å². The Morgan fingerprint density at radius 3 is 2.38 bits per heavy atom. The van der Waals surface area contributed by atoms with Gasteiger partial charge in [0.1, 0.15) is 11.5 Å². The molecule has 1 amide bonds. The Balaban J connectivity index is 2.00. The van der Waals surface area contributed by atoms with Crippen LogP contribution in [0.1, 0.15) is 15.2 Å². The van der Waals surface area contributed by atoms with Crippen molar-refractivity contribution in [2.45, 2.75) is 6.92 Å². The number of thiazole rings is 1. The van der Waals surface area contributed by atoms with Gasteiger partial charge in [-0.2, -0.15) is 4.99 Å². The Kier molecular flexibility index (Phi) is 5.23. The topological polar surface area (TPSA) is 52.8 Å². The molecule has 5 nitrogen and oxygen atoms in total. The SMILES string of the molecule is COc1ccc(-c2c(C)sc(=NC(=O)c3cccc(OC)c3)n2C)cc1. The van der Waals surface area contributed by atoms with Crippen LogP contribution in [-0.2, 0) is 7.05 Å². The van der Waals surface area contributed by atoms with Gasteiger partial charge in [-0.25, -0.2) is 0 Å². The molecule has 1 aromatic heterocycles. The van der Waals surface area contributed by atoms with Crippen LogP contribution in [0.5, 0.6) is 11.5 Å². The first-order chi connectivity index (χ1) is 12.5. The maximum absolute atomic E-state index is 12.5. The molecular weight excluding hydrogens is 348 g/mol. The third-order valence-corrected chi connectivity index (χ3v) is 5.12. The van der Waals surface area contributed by atoms with Gasteiger partial charge < -0.3 is 14.0 Å². The number of aromatic nitrogens is 1. The number of nitrogens with zero attached hydrogens (tertiary/aromatic N) is 2. The second-order valence-corrected chi connectivity index (χ2v) is 6.91. The molecule has 2 aromatic carbocycles. The average molecular weight is 368 g/mol. The molecule has 0 fully saturated rings. The van der Waals surface area contributed by atoms with Crippen molar-refractivity contribution in [1.82, 2.24) is 4.57 Å². The van der Waals surface area contributed by atoms with Crippen LogP contribution in [0.3, 0.4) is 0 Å². The van der Waals surface area contributed by atoms with E-state index in [2.05, 4.69) is 4.99 Å². The molecule has 0 spiro atoms. The Hall–Kier alpha value is -2.86. The number of aryl methyl sites for hydroxylation is 1. The summed E-state index contributed by atoms with van der Waals surface area (Å²) in [6, 6.07) is 14.9. The van der Waals surface area contributed by atoms with Crippen LogP contribution in [-0.4, -0.2) is 24.7 Å². The van der Waals surface area contributed by atoms with Gasteiger partial charge in [-0.1, -0.05) is 6.07 Å². The number of methoxy groups -OCH3 is 2. The number of benzene rings is 2. The minimum absolute atomic E-state index is 0.290. The van der Waals surface area contributed by atoms with Crippen molar-refractivity contribution < 1.29 is 14.3 Å². The molecule has 0 N–H and O–H groups in total. The predicted octanol–water partition coefficient (Wildman–Crippen LogP) is 3.82. The molecule has 0 atom stereocenters. The molecule has 0 unspecified atom stereocenters. The van der Waals surface area contributed by atoms with E-state index in [0.29, 0.717) is 16.1 Å². The van der Waals surface area contributed by atoms with Crippen LogP contribution in [0.2, 0.25) is 0 Å². The van der Waals surface area contributed by atoms with E-state index in [9.17, 15) is 4.79 Å². The molecule has 0 aliphatic rings. The summed E-state index contributed by atoms with van der Waals surface area (Å²) in [4.78, 5) is 18.6. The summed E-state index contributed by atoms with van der Waals surface area (Å²) < 4.78 is 12.3. The first kappa shape index (κ1) is 17.9. The minimum Gasteiger partial charge on any atom is -0.497 e. The van der Waals surface area contributed by atoms with Crippen molar-refractivity contribution >= 4 is 17.2 Å². The van der Waals surface area contributed by atoms with E-state index in [1.54, 1.807) is 38.5 Å². The van der Waals surface area contributed by atoms with Crippen molar-refractivity contribution in [3.05, 3.63) is 63.8 Å². The van der Waals surface area contributed by atoms with Gasteiger partial charge in [-0.15, -0.1) is 11.3 Å². The van der Waals surface area contributed by atoms with Crippen LogP contribution in [0.15, 0.2) is 53.5 Å². The molecule has 0 aliphatic carbocycles. The predicted molar refractivity (Wildman–Crippen MR) is 103 cm³/mol. The van der Waals surface area contributed by atoms with Gasteiger partial charge in [0.25, 0.3) is 5.91 Å². The summed E-state index contributed by atoms with van der Waals surface area (Å²) in [5.74, 6) is 1.15. The van der Waals surface area contributed by atoms with E-state index in [1.165, 1.54) is 11.3 Å². The van der Waals surface area contributed by atoms with Gasteiger partial charge in [-0.3, -0.25) is 4.79 Å². The number of rotatable bonds is 4. The molecule has 134 valence electrons. The van der Waals surface area contributed by atoms with Gasteiger partial charge in [0.15, 0.2) is 4.80 Å². The zero-order chi connectivity index (χ0) is 18.7. The van der Waals surface area contributed by atoms with E-state index in [0.717, 1.165) is 21.9 Å². The summed E-state index contributed by atoms with van der Waals surface area (Å²) in [7, 11) is 5.14. The second kappa shape index (κ2) is 7.58. The Labute approximate surface area is 156 Å². The fourth-order valence-electron chi connectivity index (χ4n) is 2.74. The zero-order valence-electron chi connectivity index (χ0n) is 15.1. The van der Waals surface area contributed by atoms with Crippen molar-refractivity contribution in [3.8, 4) is 22.8 Å². The molecular formula is C20H20N2O3S. The number of ether oxygens (including phenoxy) is 2. The third kappa shape index (κ3) is 3.55. The van der Waals surface area contributed by atoms with Crippen LogP contribution in [0.4, 0.5) is 0 Å².